The molecule has 198 valence electrons. The Morgan fingerprint density at radius 3 is 1.57 bits per heavy atom. The number of hydrogen-bond donors (Lipinski definition) is 0. The minimum atomic E-state index is 0.0719. The van der Waals surface area contributed by atoms with E-state index in [1.165, 1.54) is 11.1 Å². The van der Waals surface area contributed by atoms with E-state index < -0.39 is 0 Å². The molecule has 0 unspecified atom stereocenters. The molecule has 0 atom stereocenters. The van der Waals surface area contributed by atoms with Gasteiger partial charge in [0.2, 0.25) is 0 Å². The van der Waals surface area contributed by atoms with Crippen LogP contribution in [0.25, 0.3) is 55.8 Å². The highest BCUT2D eigenvalue weighted by Gasteiger charge is 2.18. The molecule has 40 heavy (non-hydrogen) atoms. The maximum Gasteiger partial charge on any atom is 0.164 e. The molecular formula is C36H34N4. The first-order valence-corrected chi connectivity index (χ1v) is 13.8. The van der Waals surface area contributed by atoms with Gasteiger partial charge in [-0.2, -0.15) is 0 Å². The molecule has 2 aromatic heterocycles. The van der Waals surface area contributed by atoms with E-state index in [2.05, 4.69) is 131 Å². The summed E-state index contributed by atoms with van der Waals surface area (Å²) in [5.74, 6) is 1.98. The highest BCUT2D eigenvalue weighted by atomic mass is 15.0. The molecule has 2 heterocycles. The van der Waals surface area contributed by atoms with Crippen LogP contribution in [0, 0.1) is 0 Å². The van der Waals surface area contributed by atoms with E-state index in [1.54, 1.807) is 0 Å². The molecule has 0 bridgehead atoms. The second kappa shape index (κ2) is 9.63. The molecule has 0 N–H and O–H groups in total. The lowest BCUT2D eigenvalue weighted by molar-refractivity contribution is 0.590. The van der Waals surface area contributed by atoms with E-state index in [9.17, 15) is 0 Å². The summed E-state index contributed by atoms with van der Waals surface area (Å²) in [7, 11) is 0. The van der Waals surface area contributed by atoms with E-state index >= 15 is 0 Å². The molecule has 6 aromatic rings. The number of hydrogen-bond acceptors (Lipinski definition) is 4. The summed E-state index contributed by atoms with van der Waals surface area (Å²) >= 11 is 0. The predicted molar refractivity (Wildman–Crippen MR) is 166 cm³/mol. The lowest BCUT2D eigenvalue weighted by Gasteiger charge is -2.19. The van der Waals surface area contributed by atoms with Crippen molar-refractivity contribution in [3.8, 4) is 34.2 Å². The fourth-order valence-electron chi connectivity index (χ4n) is 5.09. The zero-order chi connectivity index (χ0) is 28.1. The Morgan fingerprint density at radius 1 is 0.475 bits per heavy atom. The summed E-state index contributed by atoms with van der Waals surface area (Å²) in [6.07, 6.45) is 1.84. The quantitative estimate of drug-likeness (QED) is 0.217. The summed E-state index contributed by atoms with van der Waals surface area (Å²) in [6.45, 7) is 13.3. The molecule has 4 nitrogen and oxygen atoms in total. The van der Waals surface area contributed by atoms with Crippen molar-refractivity contribution in [2.24, 2.45) is 0 Å². The lowest BCUT2D eigenvalue weighted by Crippen LogP contribution is -2.10. The average Bonchev–Trinajstić information content (AvgIpc) is 2.96. The van der Waals surface area contributed by atoms with E-state index in [0.29, 0.717) is 17.5 Å². The predicted octanol–water partition coefficient (Wildman–Crippen LogP) is 9.17. The fourth-order valence-corrected chi connectivity index (χ4v) is 5.09. The molecule has 0 aliphatic heterocycles. The highest BCUT2D eigenvalue weighted by molar-refractivity contribution is 6.09. The monoisotopic (exact) mass is 522 g/mol. The third-order valence-electron chi connectivity index (χ3n) is 7.52. The fraction of sp³-hybridized carbons (Fsp3) is 0.222. The van der Waals surface area contributed by atoms with Crippen molar-refractivity contribution in [1.82, 2.24) is 19.9 Å². The third kappa shape index (κ3) is 4.86. The molecule has 0 aliphatic rings. The molecule has 0 saturated carbocycles. The Labute approximate surface area is 236 Å². The van der Waals surface area contributed by atoms with Crippen LogP contribution < -0.4 is 0 Å². The second-order valence-corrected chi connectivity index (χ2v) is 12.5. The maximum absolute atomic E-state index is 5.04. The Balaban J connectivity index is 1.55. The maximum atomic E-state index is 5.04. The second-order valence-electron chi connectivity index (χ2n) is 12.5. The van der Waals surface area contributed by atoms with Gasteiger partial charge < -0.3 is 0 Å². The van der Waals surface area contributed by atoms with Gasteiger partial charge in [0, 0.05) is 33.7 Å². The van der Waals surface area contributed by atoms with Gasteiger partial charge in [-0.1, -0.05) is 126 Å². The van der Waals surface area contributed by atoms with Crippen molar-refractivity contribution in [2.45, 2.75) is 52.4 Å². The standard InChI is InChI=1S/C36H34N4/c1-35(2,3)26-17-12-24(13-18-26)32-38-33(25-14-19-27(20-15-25)36(4,5)6)40-34(39-32)30-11-7-10-29-28(30)21-16-23-9-8-22-37-31(23)29/h7-22H,1-6H3. The number of aromatic nitrogens is 4. The number of fused-ring (bicyclic) bond motifs is 3. The Morgan fingerprint density at radius 2 is 1.02 bits per heavy atom. The van der Waals surface area contributed by atoms with Crippen LogP contribution in [0.2, 0.25) is 0 Å². The van der Waals surface area contributed by atoms with Crippen LogP contribution in [-0.2, 0) is 10.8 Å². The molecule has 0 aliphatic carbocycles. The third-order valence-corrected chi connectivity index (χ3v) is 7.52. The normalized spacial score (nSPS) is 12.2. The summed E-state index contributed by atoms with van der Waals surface area (Å²) < 4.78 is 0. The van der Waals surface area contributed by atoms with Crippen LogP contribution in [0.3, 0.4) is 0 Å². The summed E-state index contributed by atoms with van der Waals surface area (Å²) in [4.78, 5) is 19.7. The van der Waals surface area contributed by atoms with E-state index in [1.807, 2.05) is 12.3 Å². The molecular weight excluding hydrogens is 488 g/mol. The van der Waals surface area contributed by atoms with Crippen LogP contribution in [0.1, 0.15) is 52.7 Å². The zero-order valence-electron chi connectivity index (χ0n) is 24.0. The van der Waals surface area contributed by atoms with E-state index in [-0.39, 0.29) is 10.8 Å². The van der Waals surface area contributed by atoms with Crippen LogP contribution in [0.15, 0.2) is 97.2 Å². The van der Waals surface area contributed by atoms with Gasteiger partial charge in [0.1, 0.15) is 0 Å². The van der Waals surface area contributed by atoms with Gasteiger partial charge in [0.05, 0.1) is 5.52 Å². The number of pyridine rings is 1. The summed E-state index contributed by atoms with van der Waals surface area (Å²) in [5, 5.41) is 3.27. The summed E-state index contributed by atoms with van der Waals surface area (Å²) in [6, 6.07) is 31.8. The van der Waals surface area contributed by atoms with E-state index in [0.717, 1.165) is 38.4 Å². The number of benzene rings is 4. The minimum Gasteiger partial charge on any atom is -0.256 e. The van der Waals surface area contributed by atoms with Gasteiger partial charge in [0.15, 0.2) is 17.5 Å². The minimum absolute atomic E-state index is 0.0719. The largest absolute Gasteiger partial charge is 0.256 e. The number of nitrogens with zero attached hydrogens (tertiary/aromatic N) is 4. The first kappa shape index (κ1) is 25.8. The Hall–Kier alpha value is -4.44. The highest BCUT2D eigenvalue weighted by Crippen LogP contribution is 2.33. The van der Waals surface area contributed by atoms with Gasteiger partial charge in [-0.05, 0) is 33.4 Å². The Bertz CT molecular complexity index is 1760. The topological polar surface area (TPSA) is 51.6 Å². The van der Waals surface area contributed by atoms with Gasteiger partial charge >= 0.3 is 0 Å². The van der Waals surface area contributed by atoms with Gasteiger partial charge in [0.25, 0.3) is 0 Å². The van der Waals surface area contributed by atoms with Crippen molar-refractivity contribution in [3.63, 3.8) is 0 Å². The first-order chi connectivity index (χ1) is 19.1. The van der Waals surface area contributed by atoms with Crippen molar-refractivity contribution in [1.29, 1.82) is 0 Å². The zero-order valence-corrected chi connectivity index (χ0v) is 24.0. The first-order valence-electron chi connectivity index (χ1n) is 13.8. The van der Waals surface area contributed by atoms with Crippen LogP contribution in [-0.4, -0.2) is 19.9 Å². The summed E-state index contributed by atoms with van der Waals surface area (Å²) in [5.41, 5.74) is 6.58. The van der Waals surface area contributed by atoms with Crippen molar-refractivity contribution in [2.75, 3.05) is 0 Å². The molecule has 6 rings (SSSR count). The van der Waals surface area contributed by atoms with Gasteiger partial charge in [-0.25, -0.2) is 15.0 Å². The van der Waals surface area contributed by atoms with Crippen LogP contribution in [0.4, 0.5) is 0 Å². The van der Waals surface area contributed by atoms with Crippen molar-refractivity contribution >= 4 is 21.7 Å². The molecule has 4 aromatic carbocycles. The lowest BCUT2D eigenvalue weighted by atomic mass is 9.86. The van der Waals surface area contributed by atoms with Gasteiger partial charge in [-0.15, -0.1) is 0 Å². The average molecular weight is 523 g/mol. The van der Waals surface area contributed by atoms with Crippen LogP contribution >= 0.6 is 0 Å². The van der Waals surface area contributed by atoms with E-state index in [4.69, 9.17) is 15.0 Å². The molecule has 0 spiro atoms. The molecule has 0 saturated heterocycles. The number of rotatable bonds is 3. The van der Waals surface area contributed by atoms with Crippen LogP contribution in [0.5, 0.6) is 0 Å². The molecule has 0 amide bonds. The van der Waals surface area contributed by atoms with Crippen molar-refractivity contribution in [3.05, 3.63) is 108 Å². The SMILES string of the molecule is CC(C)(C)c1ccc(-c2nc(-c3ccc(C(C)(C)C)cc3)nc(-c3cccc4c3ccc3cccnc34)n2)cc1. The smallest absolute Gasteiger partial charge is 0.164 e. The van der Waals surface area contributed by atoms with Gasteiger partial charge in [-0.3, -0.25) is 4.98 Å². The molecule has 0 radical (unpaired) electrons. The molecule has 0 fully saturated rings. The molecule has 4 heteroatoms. The Kier molecular flexibility index (Phi) is 6.22. The van der Waals surface area contributed by atoms with Crippen molar-refractivity contribution < 1.29 is 0 Å².